The Morgan fingerprint density at radius 1 is 1.55 bits per heavy atom. The average Bonchev–Trinajstić information content (AvgIpc) is 3.29. The van der Waals surface area contributed by atoms with Gasteiger partial charge in [-0.3, -0.25) is 15.1 Å². The standard InChI is InChI=1S/C15H20BrN5O/c1-20-8-10(16)6-13(15(20)22)19-14(17)7-11-9-21(5-4-18-11)12-2-3-12/h6-8,12,18H,2-5,9H2,1H3,(H2,17,19)/b11-7-. The molecule has 0 unspecified atom stereocenters. The molecule has 1 aliphatic carbocycles. The van der Waals surface area contributed by atoms with Gasteiger partial charge in [0.25, 0.3) is 5.56 Å². The average molecular weight is 366 g/mol. The molecule has 3 N–H and O–H groups in total. The van der Waals surface area contributed by atoms with E-state index in [1.54, 1.807) is 25.4 Å². The minimum absolute atomic E-state index is 0.150. The van der Waals surface area contributed by atoms with Crippen LogP contribution in [0.5, 0.6) is 0 Å². The lowest BCUT2D eigenvalue weighted by atomic mass is 10.2. The number of nitrogens with zero attached hydrogens (tertiary/aromatic N) is 2. The molecule has 0 bridgehead atoms. The van der Waals surface area contributed by atoms with Crippen LogP contribution in [0.4, 0.5) is 5.69 Å². The van der Waals surface area contributed by atoms with Gasteiger partial charge in [-0.25, -0.2) is 0 Å². The number of anilines is 1. The summed E-state index contributed by atoms with van der Waals surface area (Å²) in [4.78, 5) is 14.5. The van der Waals surface area contributed by atoms with E-state index in [-0.39, 0.29) is 11.4 Å². The maximum Gasteiger partial charge on any atom is 0.274 e. The van der Waals surface area contributed by atoms with Gasteiger partial charge in [0.05, 0.1) is 0 Å². The molecule has 2 heterocycles. The first kappa shape index (κ1) is 15.3. The van der Waals surface area contributed by atoms with E-state index < -0.39 is 0 Å². The summed E-state index contributed by atoms with van der Waals surface area (Å²) in [6.07, 6.45) is 6.05. The van der Waals surface area contributed by atoms with Crippen LogP contribution in [0.1, 0.15) is 12.8 Å². The van der Waals surface area contributed by atoms with Crippen LogP contribution in [0.15, 0.2) is 33.3 Å². The molecule has 0 aromatic carbocycles. The molecule has 2 fully saturated rings. The second-order valence-corrected chi connectivity index (χ2v) is 6.74. The van der Waals surface area contributed by atoms with E-state index in [4.69, 9.17) is 5.41 Å². The third kappa shape index (κ3) is 3.59. The van der Waals surface area contributed by atoms with Crippen molar-refractivity contribution in [2.75, 3.05) is 25.0 Å². The quantitative estimate of drug-likeness (QED) is 0.560. The molecule has 0 amide bonds. The molecule has 1 saturated heterocycles. The van der Waals surface area contributed by atoms with Gasteiger partial charge in [-0.15, -0.1) is 0 Å². The Morgan fingerprint density at radius 3 is 3.05 bits per heavy atom. The van der Waals surface area contributed by atoms with Crippen LogP contribution in [0.2, 0.25) is 0 Å². The van der Waals surface area contributed by atoms with Crippen LogP contribution in [0, 0.1) is 5.41 Å². The van der Waals surface area contributed by atoms with Gasteiger partial charge < -0.3 is 15.2 Å². The smallest absolute Gasteiger partial charge is 0.274 e. The van der Waals surface area contributed by atoms with Crippen molar-refractivity contribution in [3.8, 4) is 0 Å². The molecule has 1 saturated carbocycles. The Kier molecular flexibility index (Phi) is 4.35. The zero-order chi connectivity index (χ0) is 15.7. The fraction of sp³-hybridized carbons (Fsp3) is 0.467. The molecule has 1 aromatic heterocycles. The first-order valence-electron chi connectivity index (χ1n) is 7.43. The van der Waals surface area contributed by atoms with E-state index in [0.29, 0.717) is 5.69 Å². The number of aromatic nitrogens is 1. The normalized spacial score (nSPS) is 20.7. The fourth-order valence-corrected chi connectivity index (χ4v) is 3.21. The van der Waals surface area contributed by atoms with Gasteiger partial charge in [-0.2, -0.15) is 0 Å². The van der Waals surface area contributed by atoms with Crippen LogP contribution in [0.25, 0.3) is 0 Å². The summed E-state index contributed by atoms with van der Waals surface area (Å²) in [5.74, 6) is 0.218. The van der Waals surface area contributed by atoms with Gasteiger partial charge in [-0.1, -0.05) is 0 Å². The number of rotatable bonds is 3. The van der Waals surface area contributed by atoms with Gasteiger partial charge in [0, 0.05) is 55.2 Å². The summed E-state index contributed by atoms with van der Waals surface area (Å²) in [6, 6.07) is 2.42. The molecule has 3 rings (SSSR count). The fourth-order valence-electron chi connectivity index (χ4n) is 2.68. The Balaban J connectivity index is 1.69. The van der Waals surface area contributed by atoms with E-state index in [1.807, 2.05) is 0 Å². The van der Waals surface area contributed by atoms with Crippen molar-refractivity contribution < 1.29 is 0 Å². The maximum atomic E-state index is 12.0. The highest BCUT2D eigenvalue weighted by atomic mass is 79.9. The van der Waals surface area contributed by atoms with Gasteiger partial charge in [0.15, 0.2) is 0 Å². The van der Waals surface area contributed by atoms with Crippen molar-refractivity contribution in [2.24, 2.45) is 7.05 Å². The number of amidine groups is 1. The van der Waals surface area contributed by atoms with Crippen molar-refractivity contribution >= 4 is 27.5 Å². The topological polar surface area (TPSA) is 73.2 Å². The van der Waals surface area contributed by atoms with Gasteiger partial charge in [-0.05, 0) is 34.8 Å². The minimum atomic E-state index is -0.150. The molecule has 0 atom stereocenters. The Bertz CT molecular complexity index is 677. The van der Waals surface area contributed by atoms with Crippen molar-refractivity contribution in [1.82, 2.24) is 14.8 Å². The molecule has 2 aliphatic rings. The molecule has 118 valence electrons. The molecular formula is C15H20BrN5O. The number of hydrogen-bond donors (Lipinski definition) is 3. The highest BCUT2D eigenvalue weighted by molar-refractivity contribution is 9.10. The lowest BCUT2D eigenvalue weighted by Crippen LogP contribution is -2.43. The molecule has 22 heavy (non-hydrogen) atoms. The largest absolute Gasteiger partial charge is 0.386 e. The number of aryl methyl sites for hydroxylation is 1. The molecule has 1 aliphatic heterocycles. The first-order valence-corrected chi connectivity index (χ1v) is 8.22. The number of nitrogens with one attached hydrogen (secondary N) is 3. The minimum Gasteiger partial charge on any atom is -0.386 e. The highest BCUT2D eigenvalue weighted by Gasteiger charge is 2.30. The number of hydrogen-bond acceptors (Lipinski definition) is 4. The second kappa shape index (κ2) is 6.26. The van der Waals surface area contributed by atoms with Gasteiger partial charge in [0.2, 0.25) is 0 Å². The van der Waals surface area contributed by atoms with Crippen LogP contribution in [0.3, 0.4) is 0 Å². The van der Waals surface area contributed by atoms with E-state index in [2.05, 4.69) is 31.5 Å². The van der Waals surface area contributed by atoms with Crippen LogP contribution >= 0.6 is 15.9 Å². The molecule has 6 nitrogen and oxygen atoms in total. The third-order valence-electron chi connectivity index (χ3n) is 3.93. The summed E-state index contributed by atoms with van der Waals surface area (Å²) < 4.78 is 2.29. The lowest BCUT2D eigenvalue weighted by molar-refractivity contribution is 0.257. The van der Waals surface area contributed by atoms with Gasteiger partial charge in [0.1, 0.15) is 11.5 Å². The number of halogens is 1. The monoisotopic (exact) mass is 365 g/mol. The molecule has 0 radical (unpaired) electrons. The predicted molar refractivity (Wildman–Crippen MR) is 91.4 cm³/mol. The summed E-state index contributed by atoms with van der Waals surface area (Å²) in [6.45, 7) is 2.83. The summed E-state index contributed by atoms with van der Waals surface area (Å²) in [5, 5.41) is 14.3. The third-order valence-corrected chi connectivity index (χ3v) is 4.36. The molecule has 0 spiro atoms. The Morgan fingerprint density at radius 2 is 2.32 bits per heavy atom. The van der Waals surface area contributed by atoms with E-state index in [9.17, 15) is 4.79 Å². The van der Waals surface area contributed by atoms with Crippen LogP contribution < -0.4 is 16.2 Å². The Hall–Kier alpha value is -1.60. The van der Waals surface area contributed by atoms with E-state index >= 15 is 0 Å². The van der Waals surface area contributed by atoms with Crippen molar-refractivity contribution in [2.45, 2.75) is 18.9 Å². The highest BCUT2D eigenvalue weighted by Crippen LogP contribution is 2.27. The van der Waals surface area contributed by atoms with Crippen molar-refractivity contribution in [1.29, 1.82) is 5.41 Å². The zero-order valence-corrected chi connectivity index (χ0v) is 14.1. The second-order valence-electron chi connectivity index (χ2n) is 5.82. The van der Waals surface area contributed by atoms with Crippen molar-refractivity contribution in [3.63, 3.8) is 0 Å². The summed E-state index contributed by atoms with van der Waals surface area (Å²) >= 11 is 3.36. The van der Waals surface area contributed by atoms with Crippen LogP contribution in [-0.2, 0) is 7.05 Å². The molecule has 7 heteroatoms. The zero-order valence-electron chi connectivity index (χ0n) is 12.5. The van der Waals surface area contributed by atoms with Gasteiger partial charge >= 0.3 is 0 Å². The van der Waals surface area contributed by atoms with E-state index in [0.717, 1.165) is 35.8 Å². The lowest BCUT2D eigenvalue weighted by Gasteiger charge is -2.29. The number of pyridine rings is 1. The SMILES string of the molecule is Cn1cc(Br)cc(NC(=N)/C=C2/CN(C3CC3)CCN2)c1=O. The first-order chi connectivity index (χ1) is 10.5. The van der Waals surface area contributed by atoms with Crippen LogP contribution in [-0.4, -0.2) is 41.0 Å². The summed E-state index contributed by atoms with van der Waals surface area (Å²) in [5.41, 5.74) is 1.28. The molecular weight excluding hydrogens is 346 g/mol. The summed E-state index contributed by atoms with van der Waals surface area (Å²) in [7, 11) is 1.69. The number of piperazine rings is 1. The van der Waals surface area contributed by atoms with Crippen molar-refractivity contribution in [3.05, 3.63) is 38.9 Å². The van der Waals surface area contributed by atoms with E-state index in [1.165, 1.54) is 17.4 Å². The predicted octanol–water partition coefficient (Wildman–Crippen LogP) is 1.49. The maximum absolute atomic E-state index is 12.0. The Labute approximate surface area is 137 Å². The molecule has 1 aromatic rings.